The summed E-state index contributed by atoms with van der Waals surface area (Å²) in [5, 5.41) is 14.3. The van der Waals surface area contributed by atoms with Gasteiger partial charge in [-0.15, -0.1) is 0 Å². The molecule has 0 radical (unpaired) electrons. The van der Waals surface area contributed by atoms with Crippen molar-refractivity contribution in [2.45, 2.75) is 19.3 Å². The van der Waals surface area contributed by atoms with E-state index in [1.165, 1.54) is 4.90 Å². The van der Waals surface area contributed by atoms with E-state index in [1.807, 2.05) is 43.3 Å². The molecule has 128 valence electrons. The number of piperidine rings is 1. The molecule has 2 aromatic heterocycles. The van der Waals surface area contributed by atoms with Crippen LogP contribution in [0.4, 0.5) is 4.79 Å². The summed E-state index contributed by atoms with van der Waals surface area (Å²) in [6.45, 7) is 2.97. The van der Waals surface area contributed by atoms with Gasteiger partial charge in [0.15, 0.2) is 0 Å². The van der Waals surface area contributed by atoms with Crippen LogP contribution in [-0.2, 0) is 0 Å². The normalized spacial score (nSPS) is 20.8. The molecule has 1 amide bonds. The van der Waals surface area contributed by atoms with Crippen LogP contribution < -0.4 is 0 Å². The molecule has 25 heavy (non-hydrogen) atoms. The lowest BCUT2D eigenvalue weighted by Crippen LogP contribution is -2.41. The number of hydrogen-bond donors (Lipinski definition) is 1. The van der Waals surface area contributed by atoms with Crippen molar-refractivity contribution in [1.82, 2.24) is 20.0 Å². The first-order valence-electron chi connectivity index (χ1n) is 8.29. The molecule has 1 fully saturated rings. The maximum absolute atomic E-state index is 11.1. The van der Waals surface area contributed by atoms with Gasteiger partial charge in [0.05, 0.1) is 5.52 Å². The molecule has 1 aliphatic heterocycles. The molecular formula is C18H18N4O3. The summed E-state index contributed by atoms with van der Waals surface area (Å²) in [4.78, 5) is 21.7. The van der Waals surface area contributed by atoms with Crippen LogP contribution >= 0.6 is 0 Å². The third kappa shape index (κ3) is 2.93. The largest absolute Gasteiger partial charge is 0.465 e. The van der Waals surface area contributed by atoms with Crippen LogP contribution in [0.2, 0.25) is 0 Å². The SMILES string of the molecule is CC1CN(C(=O)O)CCC1c1nc(-c2ccc3ccccc3n2)no1. The van der Waals surface area contributed by atoms with Crippen molar-refractivity contribution in [3.8, 4) is 11.5 Å². The number of rotatable bonds is 2. The predicted molar refractivity (Wildman–Crippen MR) is 91.2 cm³/mol. The molecule has 3 aromatic rings. The molecule has 7 heteroatoms. The van der Waals surface area contributed by atoms with Gasteiger partial charge in [0.1, 0.15) is 5.69 Å². The molecule has 0 aliphatic carbocycles. The Kier molecular flexibility index (Phi) is 3.83. The van der Waals surface area contributed by atoms with Crippen molar-refractivity contribution in [3.63, 3.8) is 0 Å². The second-order valence-corrected chi connectivity index (χ2v) is 6.45. The lowest BCUT2D eigenvalue weighted by Gasteiger charge is -2.33. The molecule has 1 aliphatic rings. The average molecular weight is 338 g/mol. The number of para-hydroxylation sites is 1. The minimum absolute atomic E-state index is 0.0670. The van der Waals surface area contributed by atoms with Crippen LogP contribution in [0.3, 0.4) is 0 Å². The number of hydrogen-bond acceptors (Lipinski definition) is 5. The number of benzene rings is 1. The van der Waals surface area contributed by atoms with E-state index in [0.29, 0.717) is 36.9 Å². The van der Waals surface area contributed by atoms with E-state index in [9.17, 15) is 4.79 Å². The van der Waals surface area contributed by atoms with Crippen LogP contribution in [0.15, 0.2) is 40.9 Å². The van der Waals surface area contributed by atoms with Crippen molar-refractivity contribution in [1.29, 1.82) is 0 Å². The summed E-state index contributed by atoms with van der Waals surface area (Å²) in [5.74, 6) is 1.22. The number of fused-ring (bicyclic) bond motifs is 1. The predicted octanol–water partition coefficient (Wildman–Crippen LogP) is 3.39. The van der Waals surface area contributed by atoms with Gasteiger partial charge in [0.25, 0.3) is 0 Å². The molecule has 2 atom stereocenters. The van der Waals surface area contributed by atoms with Crippen LogP contribution in [0, 0.1) is 5.92 Å². The van der Waals surface area contributed by atoms with Crippen molar-refractivity contribution >= 4 is 17.0 Å². The molecule has 0 spiro atoms. The Balaban J connectivity index is 1.58. The minimum Gasteiger partial charge on any atom is -0.465 e. The second-order valence-electron chi connectivity index (χ2n) is 6.45. The fourth-order valence-corrected chi connectivity index (χ4v) is 3.37. The summed E-state index contributed by atoms with van der Waals surface area (Å²) in [7, 11) is 0. The van der Waals surface area contributed by atoms with Gasteiger partial charge < -0.3 is 14.5 Å². The first-order chi connectivity index (χ1) is 12.1. The Hall–Kier alpha value is -2.96. The second kappa shape index (κ2) is 6.16. The lowest BCUT2D eigenvalue weighted by atomic mass is 9.87. The van der Waals surface area contributed by atoms with Crippen molar-refractivity contribution in [3.05, 3.63) is 42.3 Å². The van der Waals surface area contributed by atoms with Crippen LogP contribution in [0.5, 0.6) is 0 Å². The fraction of sp³-hybridized carbons (Fsp3) is 0.333. The topological polar surface area (TPSA) is 92.4 Å². The highest BCUT2D eigenvalue weighted by Crippen LogP contribution is 2.32. The maximum atomic E-state index is 11.1. The Morgan fingerprint density at radius 3 is 2.88 bits per heavy atom. The zero-order valence-electron chi connectivity index (χ0n) is 13.8. The first kappa shape index (κ1) is 15.6. The van der Waals surface area contributed by atoms with Gasteiger partial charge in [-0.1, -0.05) is 36.3 Å². The number of amides is 1. The molecule has 7 nitrogen and oxygen atoms in total. The van der Waals surface area contributed by atoms with E-state index in [2.05, 4.69) is 15.1 Å². The molecule has 1 N–H and O–H groups in total. The van der Waals surface area contributed by atoms with Gasteiger partial charge in [0.2, 0.25) is 11.7 Å². The maximum Gasteiger partial charge on any atom is 0.407 e. The fourth-order valence-electron chi connectivity index (χ4n) is 3.37. The Morgan fingerprint density at radius 2 is 2.08 bits per heavy atom. The Labute approximate surface area is 144 Å². The van der Waals surface area contributed by atoms with Crippen molar-refractivity contribution < 1.29 is 14.4 Å². The Bertz CT molecular complexity index is 923. The zero-order valence-corrected chi connectivity index (χ0v) is 13.8. The average Bonchev–Trinajstić information content (AvgIpc) is 3.11. The van der Waals surface area contributed by atoms with Crippen LogP contribution in [0.1, 0.15) is 25.2 Å². The van der Waals surface area contributed by atoms with Crippen molar-refractivity contribution in [2.75, 3.05) is 13.1 Å². The van der Waals surface area contributed by atoms with E-state index in [1.54, 1.807) is 0 Å². The summed E-state index contributed by atoms with van der Waals surface area (Å²) in [5.41, 5.74) is 1.55. The van der Waals surface area contributed by atoms with Gasteiger partial charge in [-0.3, -0.25) is 0 Å². The standard InChI is InChI=1S/C18H18N4O3/c1-11-10-22(18(23)24)9-8-13(11)17-20-16(21-25-17)15-7-6-12-4-2-3-5-14(12)19-15/h2-7,11,13H,8-10H2,1H3,(H,23,24). The quantitative estimate of drug-likeness (QED) is 0.770. The van der Waals surface area contributed by atoms with Gasteiger partial charge in [-0.05, 0) is 24.5 Å². The molecule has 1 aromatic carbocycles. The molecule has 0 saturated carbocycles. The van der Waals surface area contributed by atoms with E-state index in [4.69, 9.17) is 9.63 Å². The van der Waals surface area contributed by atoms with Crippen LogP contribution in [0.25, 0.3) is 22.4 Å². The molecule has 3 heterocycles. The third-order valence-electron chi connectivity index (χ3n) is 4.76. The Morgan fingerprint density at radius 1 is 1.24 bits per heavy atom. The highest BCUT2D eigenvalue weighted by molar-refractivity contribution is 5.80. The van der Waals surface area contributed by atoms with Gasteiger partial charge >= 0.3 is 6.09 Å². The van der Waals surface area contributed by atoms with Crippen LogP contribution in [-0.4, -0.2) is 44.3 Å². The zero-order chi connectivity index (χ0) is 17.4. The minimum atomic E-state index is -0.878. The summed E-state index contributed by atoms with van der Waals surface area (Å²) in [6, 6.07) is 11.7. The van der Waals surface area contributed by atoms with Crippen molar-refractivity contribution in [2.24, 2.45) is 5.92 Å². The first-order valence-corrected chi connectivity index (χ1v) is 8.29. The highest BCUT2D eigenvalue weighted by Gasteiger charge is 2.33. The molecular weight excluding hydrogens is 320 g/mol. The summed E-state index contributed by atoms with van der Waals surface area (Å²) in [6.07, 6.45) is -0.197. The van der Waals surface area contributed by atoms with E-state index in [0.717, 1.165) is 10.9 Å². The molecule has 4 rings (SSSR count). The van der Waals surface area contributed by atoms with E-state index >= 15 is 0 Å². The summed E-state index contributed by atoms with van der Waals surface area (Å²) < 4.78 is 5.47. The summed E-state index contributed by atoms with van der Waals surface area (Å²) >= 11 is 0. The molecule has 0 bridgehead atoms. The smallest absolute Gasteiger partial charge is 0.407 e. The number of carbonyl (C=O) groups is 1. The number of carboxylic acid groups (broad SMARTS) is 1. The van der Waals surface area contributed by atoms with E-state index in [-0.39, 0.29) is 11.8 Å². The highest BCUT2D eigenvalue weighted by atomic mass is 16.5. The van der Waals surface area contributed by atoms with Gasteiger partial charge in [-0.2, -0.15) is 4.98 Å². The number of likely N-dealkylation sites (tertiary alicyclic amines) is 1. The van der Waals surface area contributed by atoms with Gasteiger partial charge in [-0.25, -0.2) is 9.78 Å². The monoisotopic (exact) mass is 338 g/mol. The molecule has 1 saturated heterocycles. The third-order valence-corrected chi connectivity index (χ3v) is 4.76. The number of nitrogens with zero attached hydrogens (tertiary/aromatic N) is 4. The number of pyridine rings is 1. The van der Waals surface area contributed by atoms with E-state index < -0.39 is 6.09 Å². The van der Waals surface area contributed by atoms with Gasteiger partial charge in [0, 0.05) is 24.4 Å². The molecule has 2 unspecified atom stereocenters. The lowest BCUT2D eigenvalue weighted by molar-refractivity contribution is 0.110. The number of aromatic nitrogens is 3.